The fraction of sp³-hybridized carbons (Fsp3) is 0.240. The van der Waals surface area contributed by atoms with Gasteiger partial charge in [-0.25, -0.2) is 9.59 Å². The van der Waals surface area contributed by atoms with E-state index in [0.717, 1.165) is 16.7 Å². The predicted molar refractivity (Wildman–Crippen MR) is 126 cm³/mol. The number of nitrogens with one attached hydrogen (secondary N) is 1. The zero-order chi connectivity index (χ0) is 23.4. The second-order valence-corrected chi connectivity index (χ2v) is 7.91. The van der Waals surface area contributed by atoms with Crippen LogP contribution in [-0.2, 0) is 9.53 Å². The number of ether oxygens (including phenoxy) is 2. The Labute approximate surface area is 197 Å². The van der Waals surface area contributed by atoms with Gasteiger partial charge in [-0.2, -0.15) is 4.68 Å². The summed E-state index contributed by atoms with van der Waals surface area (Å²) >= 11 is 6.56. The fourth-order valence-corrected chi connectivity index (χ4v) is 4.14. The van der Waals surface area contributed by atoms with E-state index in [9.17, 15) is 9.59 Å². The van der Waals surface area contributed by atoms with Crippen LogP contribution in [0.15, 0.2) is 72.1 Å². The van der Waals surface area contributed by atoms with Gasteiger partial charge >= 0.3 is 12.1 Å². The van der Waals surface area contributed by atoms with Crippen LogP contribution in [0.4, 0.5) is 10.6 Å². The number of fused-ring (bicyclic) bond motifs is 1. The summed E-state index contributed by atoms with van der Waals surface area (Å²) in [6.45, 7) is 4.03. The maximum Gasteiger partial charge on any atom is 0.440 e. The standard InChI is InChI=1S/C25H24ClN3O4/c1-3-10-20-22(24(30)32-4-2)21(17-13-8-9-14-19(17)26)18-15-29(28-23(18)27-20)25(31)33-16-11-6-5-7-12-16/h5-9,11-15,21H,3-4,10H2,1-2H3,(H,27,28). The lowest BCUT2D eigenvalue weighted by Crippen LogP contribution is -2.25. The molecule has 1 N–H and O–H groups in total. The molecule has 7 nitrogen and oxygen atoms in total. The Bertz CT molecular complexity index is 1200. The highest BCUT2D eigenvalue weighted by molar-refractivity contribution is 6.31. The number of allylic oxidation sites excluding steroid dienone is 1. The van der Waals surface area contributed by atoms with E-state index >= 15 is 0 Å². The first kappa shape index (κ1) is 22.6. The molecule has 2 aromatic carbocycles. The SMILES string of the molecule is CCCC1=C(C(=O)OCC)C(c2ccccc2Cl)c2cn(C(=O)Oc3ccccc3)nc2N1. The summed E-state index contributed by atoms with van der Waals surface area (Å²) in [6, 6.07) is 16.1. The number of para-hydroxylation sites is 1. The molecule has 0 amide bonds. The summed E-state index contributed by atoms with van der Waals surface area (Å²) in [5.41, 5.74) is 2.54. The van der Waals surface area contributed by atoms with E-state index < -0.39 is 18.0 Å². The Kier molecular flexibility index (Phi) is 6.79. The number of benzene rings is 2. The van der Waals surface area contributed by atoms with Crippen molar-refractivity contribution in [1.82, 2.24) is 9.78 Å². The van der Waals surface area contributed by atoms with E-state index in [2.05, 4.69) is 10.4 Å². The minimum Gasteiger partial charge on any atom is -0.463 e. The molecule has 8 heteroatoms. The number of rotatable bonds is 6. The quantitative estimate of drug-likeness (QED) is 0.466. The topological polar surface area (TPSA) is 82.5 Å². The van der Waals surface area contributed by atoms with Crippen LogP contribution in [-0.4, -0.2) is 28.4 Å². The Morgan fingerprint density at radius 3 is 2.48 bits per heavy atom. The molecule has 33 heavy (non-hydrogen) atoms. The van der Waals surface area contributed by atoms with Crippen molar-refractivity contribution in [1.29, 1.82) is 0 Å². The zero-order valence-electron chi connectivity index (χ0n) is 18.4. The van der Waals surface area contributed by atoms with Gasteiger partial charge in [0.25, 0.3) is 0 Å². The van der Waals surface area contributed by atoms with Crippen LogP contribution in [0.5, 0.6) is 5.75 Å². The lowest BCUT2D eigenvalue weighted by Gasteiger charge is -2.28. The van der Waals surface area contributed by atoms with Crippen molar-refractivity contribution in [2.75, 3.05) is 11.9 Å². The number of nitrogens with zero attached hydrogens (tertiary/aromatic N) is 2. The zero-order valence-corrected chi connectivity index (χ0v) is 19.1. The summed E-state index contributed by atoms with van der Waals surface area (Å²) in [5, 5.41) is 8.17. The molecule has 1 atom stereocenters. The molecule has 0 fully saturated rings. The molecular formula is C25H24ClN3O4. The average molecular weight is 466 g/mol. The largest absolute Gasteiger partial charge is 0.463 e. The van der Waals surface area contributed by atoms with Crippen LogP contribution < -0.4 is 10.1 Å². The number of carbonyl (C=O) groups excluding carboxylic acids is 2. The number of halogens is 1. The Morgan fingerprint density at radius 2 is 1.79 bits per heavy atom. The van der Waals surface area contributed by atoms with E-state index in [-0.39, 0.29) is 6.61 Å². The first-order valence-corrected chi connectivity index (χ1v) is 11.2. The maximum absolute atomic E-state index is 13.1. The fourth-order valence-electron chi connectivity index (χ4n) is 3.89. The minimum absolute atomic E-state index is 0.243. The van der Waals surface area contributed by atoms with E-state index in [1.807, 2.05) is 31.2 Å². The highest BCUT2D eigenvalue weighted by Crippen LogP contribution is 2.44. The average Bonchev–Trinajstić information content (AvgIpc) is 3.24. The molecule has 3 aromatic rings. The molecule has 1 aliphatic heterocycles. The molecule has 0 radical (unpaired) electrons. The molecule has 0 saturated carbocycles. The first-order valence-electron chi connectivity index (χ1n) is 10.8. The lowest BCUT2D eigenvalue weighted by atomic mass is 9.82. The molecule has 0 aliphatic carbocycles. The number of carbonyl (C=O) groups is 2. The first-order chi connectivity index (χ1) is 16.0. The summed E-state index contributed by atoms with van der Waals surface area (Å²) in [5.74, 6) is -0.0949. The van der Waals surface area contributed by atoms with Crippen LogP contribution >= 0.6 is 11.6 Å². The van der Waals surface area contributed by atoms with Crippen molar-refractivity contribution in [3.63, 3.8) is 0 Å². The maximum atomic E-state index is 13.1. The molecule has 1 unspecified atom stereocenters. The van der Waals surface area contributed by atoms with Crippen molar-refractivity contribution in [2.45, 2.75) is 32.6 Å². The van der Waals surface area contributed by atoms with Gasteiger partial charge in [-0.3, -0.25) is 0 Å². The Morgan fingerprint density at radius 1 is 1.06 bits per heavy atom. The monoisotopic (exact) mass is 465 g/mol. The van der Waals surface area contributed by atoms with Gasteiger partial charge in [0.15, 0.2) is 5.82 Å². The Balaban J connectivity index is 1.81. The highest BCUT2D eigenvalue weighted by Gasteiger charge is 2.37. The van der Waals surface area contributed by atoms with Gasteiger partial charge in [-0.15, -0.1) is 5.10 Å². The molecule has 2 heterocycles. The van der Waals surface area contributed by atoms with Gasteiger partial charge in [0.2, 0.25) is 0 Å². The van der Waals surface area contributed by atoms with Crippen molar-refractivity contribution in [2.24, 2.45) is 0 Å². The van der Waals surface area contributed by atoms with Gasteiger partial charge in [0, 0.05) is 28.4 Å². The van der Waals surface area contributed by atoms with Gasteiger partial charge in [0.05, 0.1) is 12.2 Å². The number of esters is 1. The van der Waals surface area contributed by atoms with E-state index in [1.165, 1.54) is 0 Å². The second kappa shape index (κ2) is 9.92. The molecule has 1 aliphatic rings. The predicted octanol–water partition coefficient (Wildman–Crippen LogP) is 5.76. The summed E-state index contributed by atoms with van der Waals surface area (Å²) in [6.07, 6.45) is 2.32. The second-order valence-electron chi connectivity index (χ2n) is 7.50. The third kappa shape index (κ3) is 4.64. The van der Waals surface area contributed by atoms with Crippen LogP contribution in [0.1, 0.15) is 43.7 Å². The summed E-state index contributed by atoms with van der Waals surface area (Å²) in [7, 11) is 0. The van der Waals surface area contributed by atoms with Gasteiger partial charge in [-0.1, -0.05) is 61.3 Å². The summed E-state index contributed by atoms with van der Waals surface area (Å²) in [4.78, 5) is 25.9. The smallest absolute Gasteiger partial charge is 0.440 e. The molecule has 4 rings (SSSR count). The molecule has 170 valence electrons. The van der Waals surface area contributed by atoms with Crippen molar-refractivity contribution >= 4 is 29.5 Å². The highest BCUT2D eigenvalue weighted by atomic mass is 35.5. The summed E-state index contributed by atoms with van der Waals surface area (Å²) < 4.78 is 12.0. The van der Waals surface area contributed by atoms with Crippen molar-refractivity contribution in [3.05, 3.63) is 88.2 Å². The minimum atomic E-state index is -0.662. The molecule has 0 saturated heterocycles. The lowest BCUT2D eigenvalue weighted by molar-refractivity contribution is -0.138. The third-order valence-electron chi connectivity index (χ3n) is 5.28. The molecule has 0 bridgehead atoms. The Hall–Kier alpha value is -3.58. The van der Waals surface area contributed by atoms with Gasteiger partial charge < -0.3 is 14.8 Å². The van der Waals surface area contributed by atoms with Gasteiger partial charge in [-0.05, 0) is 37.1 Å². The number of aromatic nitrogens is 2. The van der Waals surface area contributed by atoms with Crippen LogP contribution in [0.25, 0.3) is 0 Å². The third-order valence-corrected chi connectivity index (χ3v) is 5.63. The van der Waals surface area contributed by atoms with Gasteiger partial charge in [0.1, 0.15) is 5.75 Å². The van der Waals surface area contributed by atoms with E-state index in [4.69, 9.17) is 21.1 Å². The normalized spacial score (nSPS) is 14.9. The molecule has 0 spiro atoms. The number of hydrogen-bond acceptors (Lipinski definition) is 6. The number of hydrogen-bond donors (Lipinski definition) is 1. The number of anilines is 1. The molecule has 1 aromatic heterocycles. The van der Waals surface area contributed by atoms with Crippen molar-refractivity contribution < 1.29 is 19.1 Å². The van der Waals surface area contributed by atoms with E-state index in [1.54, 1.807) is 43.5 Å². The van der Waals surface area contributed by atoms with Crippen LogP contribution in [0.2, 0.25) is 5.02 Å². The molecular weight excluding hydrogens is 442 g/mol. The van der Waals surface area contributed by atoms with E-state index in [0.29, 0.717) is 39.8 Å². The van der Waals surface area contributed by atoms with Crippen LogP contribution in [0, 0.1) is 0 Å². The van der Waals surface area contributed by atoms with Crippen LogP contribution in [0.3, 0.4) is 0 Å². The van der Waals surface area contributed by atoms with Crippen molar-refractivity contribution in [3.8, 4) is 5.75 Å².